The zero-order valence-corrected chi connectivity index (χ0v) is 13.5. The molecule has 0 amide bonds. The van der Waals surface area contributed by atoms with Crippen LogP contribution in [0.15, 0.2) is 42.7 Å². The summed E-state index contributed by atoms with van der Waals surface area (Å²) in [6.07, 6.45) is 5.41. The van der Waals surface area contributed by atoms with Gasteiger partial charge in [-0.2, -0.15) is 0 Å². The first-order chi connectivity index (χ1) is 11.8. The van der Waals surface area contributed by atoms with Gasteiger partial charge in [0.2, 0.25) is 0 Å². The summed E-state index contributed by atoms with van der Waals surface area (Å²) < 4.78 is 1.90. The highest BCUT2D eigenvalue weighted by Gasteiger charge is 2.16. The maximum Gasteiger partial charge on any atom is 0.113 e. The van der Waals surface area contributed by atoms with Crippen molar-refractivity contribution in [2.24, 2.45) is 0 Å². The molecule has 0 atom stereocenters. The number of aliphatic hydroxyl groups is 1. The Labute approximate surface area is 140 Å². The van der Waals surface area contributed by atoms with Gasteiger partial charge in [0.1, 0.15) is 5.69 Å². The van der Waals surface area contributed by atoms with E-state index in [0.29, 0.717) is 0 Å². The van der Waals surface area contributed by atoms with Crippen LogP contribution in [-0.4, -0.2) is 55.7 Å². The van der Waals surface area contributed by atoms with E-state index in [0.717, 1.165) is 61.2 Å². The fourth-order valence-corrected chi connectivity index (χ4v) is 3.16. The van der Waals surface area contributed by atoms with E-state index in [1.807, 2.05) is 29.1 Å². The van der Waals surface area contributed by atoms with E-state index >= 15 is 0 Å². The first-order valence-electron chi connectivity index (χ1n) is 8.44. The number of fused-ring (bicyclic) bond motifs is 1. The molecule has 0 bridgehead atoms. The number of hydrogen-bond acceptors (Lipinski definition) is 5. The van der Waals surface area contributed by atoms with Crippen molar-refractivity contribution in [3.8, 4) is 11.3 Å². The van der Waals surface area contributed by atoms with Crippen LogP contribution in [0, 0.1) is 0 Å². The summed E-state index contributed by atoms with van der Waals surface area (Å²) >= 11 is 0. The Morgan fingerprint density at radius 1 is 1.12 bits per heavy atom. The molecule has 0 spiro atoms. The third-order valence-electron chi connectivity index (χ3n) is 4.64. The Morgan fingerprint density at radius 2 is 2.00 bits per heavy atom. The number of aliphatic hydroxyl groups excluding tert-OH is 1. The van der Waals surface area contributed by atoms with Crippen LogP contribution >= 0.6 is 0 Å². The molecule has 1 N–H and O–H groups in total. The predicted octanol–water partition coefficient (Wildman–Crippen LogP) is 1.95. The summed E-state index contributed by atoms with van der Waals surface area (Å²) in [7, 11) is 0. The molecule has 24 heavy (non-hydrogen) atoms. The minimum atomic E-state index is -0.124. The lowest BCUT2D eigenvalue weighted by Gasteiger charge is -2.29. The molecule has 0 radical (unpaired) electrons. The largest absolute Gasteiger partial charge is 0.393 e. The fraction of sp³-hybridized carbons (Fsp3) is 0.389. The zero-order valence-electron chi connectivity index (χ0n) is 13.5. The van der Waals surface area contributed by atoms with Crippen molar-refractivity contribution in [1.29, 1.82) is 0 Å². The van der Waals surface area contributed by atoms with Gasteiger partial charge in [-0.05, 0) is 31.0 Å². The topological polar surface area (TPSA) is 67.1 Å². The highest BCUT2D eigenvalue weighted by atomic mass is 16.3. The van der Waals surface area contributed by atoms with Gasteiger partial charge in [-0.25, -0.2) is 0 Å². The molecule has 3 aromatic rings. The van der Waals surface area contributed by atoms with E-state index < -0.39 is 0 Å². The molecule has 2 aromatic heterocycles. The van der Waals surface area contributed by atoms with Crippen LogP contribution in [0.25, 0.3) is 22.2 Å². The molecule has 4 rings (SSSR count). The molecule has 1 aliphatic rings. The molecule has 6 heteroatoms. The second-order valence-electron chi connectivity index (χ2n) is 6.35. The monoisotopic (exact) mass is 323 g/mol. The van der Waals surface area contributed by atoms with E-state index in [1.54, 1.807) is 6.20 Å². The zero-order chi connectivity index (χ0) is 16.4. The van der Waals surface area contributed by atoms with Crippen molar-refractivity contribution in [1.82, 2.24) is 24.9 Å². The lowest BCUT2D eigenvalue weighted by atomic mass is 10.1. The molecule has 124 valence electrons. The van der Waals surface area contributed by atoms with Crippen LogP contribution in [0.5, 0.6) is 0 Å². The number of rotatable bonds is 4. The average molecular weight is 323 g/mol. The number of hydrogen-bond donors (Lipinski definition) is 1. The second-order valence-corrected chi connectivity index (χ2v) is 6.35. The highest BCUT2D eigenvalue weighted by molar-refractivity contribution is 5.83. The van der Waals surface area contributed by atoms with E-state index in [-0.39, 0.29) is 6.10 Å². The number of likely N-dealkylation sites (tertiary alicyclic amines) is 1. The Balaban J connectivity index is 1.43. The number of pyridine rings is 1. The van der Waals surface area contributed by atoms with E-state index in [2.05, 4.69) is 32.3 Å². The molecule has 1 fully saturated rings. The SMILES string of the molecule is OC1CCN(CCn2cc(-c3ccc4ncccc4c3)nn2)CC1. The Morgan fingerprint density at radius 3 is 2.88 bits per heavy atom. The number of nitrogens with zero attached hydrogens (tertiary/aromatic N) is 5. The van der Waals surface area contributed by atoms with E-state index in [1.165, 1.54) is 0 Å². The molecule has 0 aliphatic carbocycles. The molecule has 6 nitrogen and oxygen atoms in total. The van der Waals surface area contributed by atoms with Gasteiger partial charge in [-0.1, -0.05) is 17.3 Å². The molecule has 1 aromatic carbocycles. The maximum atomic E-state index is 9.56. The molecule has 0 unspecified atom stereocenters. The standard InChI is InChI=1S/C18H21N5O/c24-16-5-8-22(9-6-16)10-11-23-13-18(20-21-23)15-3-4-17-14(12-15)2-1-7-19-17/h1-4,7,12-13,16,24H,5-6,8-11H2. The van der Waals surface area contributed by atoms with Crippen LogP contribution in [0.4, 0.5) is 0 Å². The van der Waals surface area contributed by atoms with Gasteiger partial charge in [0.05, 0.1) is 24.4 Å². The predicted molar refractivity (Wildman–Crippen MR) is 92.4 cm³/mol. The maximum absolute atomic E-state index is 9.56. The summed E-state index contributed by atoms with van der Waals surface area (Å²) in [5.74, 6) is 0. The Bertz CT molecular complexity index is 823. The summed E-state index contributed by atoms with van der Waals surface area (Å²) in [5.41, 5.74) is 2.93. The molecule has 1 aliphatic heterocycles. The van der Waals surface area contributed by atoms with Crippen molar-refractivity contribution < 1.29 is 5.11 Å². The van der Waals surface area contributed by atoms with Crippen LogP contribution in [0.1, 0.15) is 12.8 Å². The van der Waals surface area contributed by atoms with Crippen molar-refractivity contribution in [3.63, 3.8) is 0 Å². The van der Waals surface area contributed by atoms with Gasteiger partial charge in [0.15, 0.2) is 0 Å². The summed E-state index contributed by atoms with van der Waals surface area (Å²) in [4.78, 5) is 6.71. The fourth-order valence-electron chi connectivity index (χ4n) is 3.16. The van der Waals surface area contributed by atoms with Crippen LogP contribution in [0.3, 0.4) is 0 Å². The lowest BCUT2D eigenvalue weighted by Crippen LogP contribution is -2.37. The van der Waals surface area contributed by atoms with E-state index in [4.69, 9.17) is 0 Å². The normalized spacial score (nSPS) is 16.7. The first-order valence-corrected chi connectivity index (χ1v) is 8.44. The number of benzene rings is 1. The van der Waals surface area contributed by atoms with Crippen molar-refractivity contribution in [2.45, 2.75) is 25.5 Å². The first kappa shape index (κ1) is 15.2. The van der Waals surface area contributed by atoms with Crippen LogP contribution in [0.2, 0.25) is 0 Å². The van der Waals surface area contributed by atoms with Crippen molar-refractivity contribution in [2.75, 3.05) is 19.6 Å². The highest BCUT2D eigenvalue weighted by Crippen LogP contribution is 2.21. The lowest BCUT2D eigenvalue weighted by molar-refractivity contribution is 0.0804. The van der Waals surface area contributed by atoms with Crippen molar-refractivity contribution in [3.05, 3.63) is 42.7 Å². The minimum Gasteiger partial charge on any atom is -0.393 e. The number of piperidine rings is 1. The van der Waals surface area contributed by atoms with Crippen LogP contribution < -0.4 is 0 Å². The summed E-state index contributed by atoms with van der Waals surface area (Å²) in [5, 5.41) is 19.2. The van der Waals surface area contributed by atoms with Gasteiger partial charge in [0.25, 0.3) is 0 Å². The van der Waals surface area contributed by atoms with Gasteiger partial charge in [0, 0.05) is 36.8 Å². The average Bonchev–Trinajstić information content (AvgIpc) is 3.10. The molecular weight excluding hydrogens is 302 g/mol. The number of aromatic nitrogens is 4. The third kappa shape index (κ3) is 3.29. The van der Waals surface area contributed by atoms with Gasteiger partial charge in [-0.3, -0.25) is 9.67 Å². The summed E-state index contributed by atoms with van der Waals surface area (Å²) in [6, 6.07) is 10.2. The molecule has 1 saturated heterocycles. The van der Waals surface area contributed by atoms with Gasteiger partial charge < -0.3 is 10.0 Å². The molecular formula is C18H21N5O. The van der Waals surface area contributed by atoms with Gasteiger partial charge in [-0.15, -0.1) is 5.10 Å². The van der Waals surface area contributed by atoms with E-state index in [9.17, 15) is 5.11 Å². The Kier molecular flexibility index (Phi) is 4.23. The third-order valence-corrected chi connectivity index (χ3v) is 4.64. The van der Waals surface area contributed by atoms with Gasteiger partial charge >= 0.3 is 0 Å². The van der Waals surface area contributed by atoms with Crippen LogP contribution in [-0.2, 0) is 6.54 Å². The smallest absolute Gasteiger partial charge is 0.113 e. The molecule has 0 saturated carbocycles. The second kappa shape index (κ2) is 6.67. The minimum absolute atomic E-state index is 0.124. The molecule has 3 heterocycles. The quantitative estimate of drug-likeness (QED) is 0.795. The summed E-state index contributed by atoms with van der Waals surface area (Å²) in [6.45, 7) is 3.68. The Hall–Kier alpha value is -2.31. The van der Waals surface area contributed by atoms with Crippen molar-refractivity contribution >= 4 is 10.9 Å².